The molecule has 6 amide bonds. The first kappa shape index (κ1) is 34.8. The third-order valence-electron chi connectivity index (χ3n) is 5.77. The first-order valence-corrected chi connectivity index (χ1v) is 13.6. The Bertz CT molecular complexity index is 1060. The molecule has 0 fully saturated rings. The van der Waals surface area contributed by atoms with Crippen molar-refractivity contribution >= 4 is 60.7 Å². The van der Waals surface area contributed by atoms with Crippen molar-refractivity contribution in [3.05, 3.63) is 18.2 Å². The lowest BCUT2D eigenvalue weighted by atomic mass is 10.0. The molecule has 0 aliphatic carbocycles. The molecule has 0 aliphatic heterocycles. The van der Waals surface area contributed by atoms with E-state index in [0.29, 0.717) is 5.69 Å². The summed E-state index contributed by atoms with van der Waals surface area (Å²) in [5.74, 6) is -4.29. The molecule has 224 valence electrons. The molecule has 0 spiro atoms. The zero-order valence-corrected chi connectivity index (χ0v) is 25.2. The van der Waals surface area contributed by atoms with Crippen LogP contribution in [0.3, 0.4) is 0 Å². The van der Waals surface area contributed by atoms with Crippen LogP contribution in [-0.2, 0) is 35.2 Å². The molecule has 0 saturated heterocycles. The minimum atomic E-state index is -1.16. The van der Waals surface area contributed by atoms with Gasteiger partial charge in [0, 0.05) is 35.7 Å². The maximum atomic E-state index is 13.2. The minimum Gasteiger partial charge on any atom is -0.368 e. The van der Waals surface area contributed by atoms with Gasteiger partial charge in [-0.05, 0) is 26.7 Å². The Morgan fingerprint density at radius 1 is 0.925 bits per heavy atom. The second kappa shape index (κ2) is 15.5. The molecular weight excluding hydrogens is 560 g/mol. The number of nitrogens with zero attached hydrogens (tertiary/aromatic N) is 1. The van der Waals surface area contributed by atoms with E-state index >= 15 is 0 Å². The fraction of sp³-hybridized carbons (Fsp3) is 0.625. The Morgan fingerprint density at radius 3 is 1.98 bits per heavy atom. The van der Waals surface area contributed by atoms with Gasteiger partial charge in [-0.25, -0.2) is 4.98 Å². The van der Waals surface area contributed by atoms with E-state index in [4.69, 9.17) is 5.73 Å². The molecule has 0 aromatic carbocycles. The predicted molar refractivity (Wildman–Crippen MR) is 154 cm³/mol. The molecule has 8 N–H and O–H groups in total. The zero-order valence-electron chi connectivity index (χ0n) is 23.4. The van der Waals surface area contributed by atoms with Gasteiger partial charge in [-0.1, -0.05) is 13.8 Å². The lowest BCUT2D eigenvalue weighted by Crippen LogP contribution is -2.61. The number of carbonyl (C=O) groups is 6. The van der Waals surface area contributed by atoms with Crippen molar-refractivity contribution in [1.29, 1.82) is 0 Å². The van der Waals surface area contributed by atoms with E-state index in [9.17, 15) is 28.8 Å². The van der Waals surface area contributed by atoms with Crippen LogP contribution in [0.5, 0.6) is 0 Å². The summed E-state index contributed by atoms with van der Waals surface area (Å²) in [5.41, 5.74) is 5.79. The normalized spacial score (nSPS) is 15.1. The summed E-state index contributed by atoms with van der Waals surface area (Å²) in [4.78, 5) is 81.9. The Labute approximate surface area is 244 Å². The van der Waals surface area contributed by atoms with Gasteiger partial charge in [-0.2, -0.15) is 25.3 Å². The summed E-state index contributed by atoms with van der Waals surface area (Å²) >= 11 is 8.40. The number of imidazole rings is 1. The molecule has 5 atom stereocenters. The van der Waals surface area contributed by atoms with Gasteiger partial charge in [0.15, 0.2) is 0 Å². The highest BCUT2D eigenvalue weighted by Gasteiger charge is 2.36. The van der Waals surface area contributed by atoms with Crippen molar-refractivity contribution in [2.24, 2.45) is 11.7 Å². The number of aromatic nitrogens is 2. The number of hydrogen-bond donors (Lipinski definition) is 9. The molecule has 0 unspecified atom stereocenters. The van der Waals surface area contributed by atoms with Gasteiger partial charge in [0.05, 0.1) is 6.33 Å². The molecule has 40 heavy (non-hydrogen) atoms. The van der Waals surface area contributed by atoms with Crippen LogP contribution in [0.15, 0.2) is 12.5 Å². The van der Waals surface area contributed by atoms with E-state index in [2.05, 4.69) is 61.8 Å². The SMILES string of the molecule is CC(=O)N[C@H](C(=O)N[C@@H](Cc1cnc[nH]1)C(=O)N[C@@H](C)C(=O)N[C@H](C(=O)N[C@@H](CS)C(N)=O)C(C)C)C(C)(C)S. The molecule has 0 radical (unpaired) electrons. The minimum absolute atomic E-state index is 0.000955. The molecule has 1 heterocycles. The quantitative estimate of drug-likeness (QED) is 0.105. The number of thiol groups is 2. The molecule has 0 bridgehead atoms. The summed E-state index contributed by atoms with van der Waals surface area (Å²) in [5, 5.41) is 12.7. The van der Waals surface area contributed by atoms with Crippen molar-refractivity contribution in [3.63, 3.8) is 0 Å². The highest BCUT2D eigenvalue weighted by molar-refractivity contribution is 7.81. The van der Waals surface area contributed by atoms with Gasteiger partial charge >= 0.3 is 0 Å². The fourth-order valence-electron chi connectivity index (χ4n) is 3.51. The Balaban J connectivity index is 3.04. The maximum Gasteiger partial charge on any atom is 0.244 e. The average Bonchev–Trinajstić information content (AvgIpc) is 3.35. The first-order chi connectivity index (χ1) is 18.5. The average molecular weight is 601 g/mol. The van der Waals surface area contributed by atoms with Gasteiger partial charge in [-0.3, -0.25) is 28.8 Å². The molecule has 1 aromatic rings. The molecule has 1 rings (SSSR count). The van der Waals surface area contributed by atoms with Crippen molar-refractivity contribution in [2.75, 3.05) is 5.75 Å². The fourth-order valence-corrected chi connectivity index (χ4v) is 3.96. The van der Waals surface area contributed by atoms with Crippen molar-refractivity contribution < 1.29 is 28.8 Å². The monoisotopic (exact) mass is 600 g/mol. The molecule has 16 heteroatoms. The van der Waals surface area contributed by atoms with E-state index in [0.717, 1.165) is 0 Å². The van der Waals surface area contributed by atoms with Gasteiger partial charge in [-0.15, -0.1) is 0 Å². The van der Waals surface area contributed by atoms with Gasteiger partial charge in [0.25, 0.3) is 0 Å². The van der Waals surface area contributed by atoms with Crippen LogP contribution >= 0.6 is 25.3 Å². The third-order valence-corrected chi connectivity index (χ3v) is 6.39. The standard InChI is InChI=1S/C24H40N8O6S2/c1-11(2)17(22(37)31-16(9-39)19(25)34)32-20(35)12(3)28-21(36)15(7-14-8-26-10-27-14)30-23(38)18(24(5,6)40)29-13(4)33/h8,10-12,15-18,39-40H,7,9H2,1-6H3,(H2,25,34)(H,26,27)(H,28,36)(H,29,33)(H,30,38)(H,31,37)(H,32,35)/t12-,15-,16-,17-,18+/m0/s1. The molecule has 14 nitrogen and oxygen atoms in total. The van der Waals surface area contributed by atoms with Crippen LogP contribution in [0.25, 0.3) is 0 Å². The third kappa shape index (κ3) is 11.1. The van der Waals surface area contributed by atoms with Crippen molar-refractivity contribution in [2.45, 2.75) is 82.9 Å². The van der Waals surface area contributed by atoms with Gasteiger partial charge < -0.3 is 37.3 Å². The summed E-state index contributed by atoms with van der Waals surface area (Å²) < 4.78 is -0.967. The predicted octanol–water partition coefficient (Wildman–Crippen LogP) is -1.80. The topological polar surface area (TPSA) is 217 Å². The Morgan fingerprint density at radius 2 is 1.52 bits per heavy atom. The van der Waals surface area contributed by atoms with Crippen molar-refractivity contribution in [3.8, 4) is 0 Å². The second-order valence-corrected chi connectivity index (χ2v) is 11.8. The van der Waals surface area contributed by atoms with Crippen LogP contribution in [-0.4, -0.2) is 86.1 Å². The smallest absolute Gasteiger partial charge is 0.244 e. The number of primary amides is 1. The summed E-state index contributed by atoms with van der Waals surface area (Å²) in [6.45, 7) is 9.32. The van der Waals surface area contributed by atoms with Crippen LogP contribution in [0.2, 0.25) is 0 Å². The van der Waals surface area contributed by atoms with E-state index in [-0.39, 0.29) is 18.1 Å². The number of hydrogen-bond acceptors (Lipinski definition) is 9. The Kier molecular flexibility index (Phi) is 13.5. The highest BCUT2D eigenvalue weighted by Crippen LogP contribution is 2.18. The molecule has 0 saturated carbocycles. The highest BCUT2D eigenvalue weighted by atomic mass is 32.1. The number of rotatable bonds is 15. The lowest BCUT2D eigenvalue weighted by Gasteiger charge is -2.31. The largest absolute Gasteiger partial charge is 0.368 e. The van der Waals surface area contributed by atoms with Crippen LogP contribution in [0, 0.1) is 5.92 Å². The zero-order chi connectivity index (χ0) is 30.8. The van der Waals surface area contributed by atoms with Crippen LogP contribution < -0.4 is 32.3 Å². The molecular formula is C24H40N8O6S2. The van der Waals surface area contributed by atoms with Gasteiger partial charge in [0.2, 0.25) is 35.4 Å². The first-order valence-electron chi connectivity index (χ1n) is 12.6. The number of aromatic amines is 1. The maximum absolute atomic E-state index is 13.2. The van der Waals surface area contributed by atoms with Crippen LogP contribution in [0.4, 0.5) is 0 Å². The number of H-pyrrole nitrogens is 1. The Hall–Kier alpha value is -3.27. The molecule has 0 aliphatic rings. The number of carbonyl (C=O) groups excluding carboxylic acids is 6. The number of nitrogens with two attached hydrogens (primary N) is 1. The number of nitrogens with one attached hydrogen (secondary N) is 6. The van der Waals surface area contributed by atoms with Crippen LogP contribution in [0.1, 0.15) is 47.2 Å². The molecule has 1 aromatic heterocycles. The van der Waals surface area contributed by atoms with E-state index in [1.807, 2.05) is 0 Å². The van der Waals surface area contributed by atoms with E-state index in [1.165, 1.54) is 26.4 Å². The summed E-state index contributed by atoms with van der Waals surface area (Å²) in [7, 11) is 0. The number of amides is 6. The van der Waals surface area contributed by atoms with E-state index < -0.39 is 70.4 Å². The second-order valence-electron chi connectivity index (χ2n) is 10.2. The summed E-state index contributed by atoms with van der Waals surface area (Å²) in [6.07, 6.45) is 2.89. The van der Waals surface area contributed by atoms with Crippen molar-refractivity contribution in [1.82, 2.24) is 36.6 Å². The lowest BCUT2D eigenvalue weighted by molar-refractivity contribution is -0.135. The van der Waals surface area contributed by atoms with Gasteiger partial charge in [0.1, 0.15) is 30.2 Å². The van der Waals surface area contributed by atoms with E-state index in [1.54, 1.807) is 27.7 Å². The summed E-state index contributed by atoms with van der Waals surface area (Å²) in [6, 6.07) is -5.41.